The van der Waals surface area contributed by atoms with Gasteiger partial charge in [-0.3, -0.25) is 0 Å². The van der Waals surface area contributed by atoms with Crippen molar-refractivity contribution >= 4 is 17.6 Å². The molecular weight excluding hydrogens is 297 g/mol. The van der Waals surface area contributed by atoms with Gasteiger partial charge in [0.25, 0.3) is 6.43 Å². The van der Waals surface area contributed by atoms with E-state index in [1.54, 1.807) is 0 Å². The third-order valence-electron chi connectivity index (χ3n) is 2.04. The first kappa shape index (κ1) is 15.6. The molecule has 0 saturated carbocycles. The van der Waals surface area contributed by atoms with Crippen molar-refractivity contribution in [3.8, 4) is 0 Å². The van der Waals surface area contributed by atoms with Gasteiger partial charge < -0.3 is 4.74 Å². The molecule has 1 heterocycles. The number of nitrogens with zero attached hydrogens (tertiary/aromatic N) is 1. The predicted molar refractivity (Wildman–Crippen MR) is 55.2 cm³/mol. The summed E-state index contributed by atoms with van der Waals surface area (Å²) in [6.45, 7) is 1.14. The minimum Gasteiger partial charge on any atom is -0.461 e. The molecule has 0 bridgehead atoms. The summed E-state index contributed by atoms with van der Waals surface area (Å²) in [7, 11) is 0. The maximum Gasteiger partial charge on any atom is 0.419 e. The smallest absolute Gasteiger partial charge is 0.419 e. The van der Waals surface area contributed by atoms with E-state index in [1.807, 2.05) is 0 Å². The number of hydrogen-bond acceptors (Lipinski definition) is 3. The summed E-state index contributed by atoms with van der Waals surface area (Å²) in [5.41, 5.74) is -4.57. The van der Waals surface area contributed by atoms with E-state index in [2.05, 4.69) is 9.72 Å². The largest absolute Gasteiger partial charge is 0.461 e. The lowest BCUT2D eigenvalue weighted by molar-refractivity contribution is -0.140. The fourth-order valence-electron chi connectivity index (χ4n) is 1.36. The molecule has 0 atom stereocenters. The van der Waals surface area contributed by atoms with Crippen molar-refractivity contribution in [3.63, 3.8) is 0 Å². The van der Waals surface area contributed by atoms with Crippen LogP contribution in [0.1, 0.15) is 35.0 Å². The number of esters is 1. The molecule has 0 saturated heterocycles. The summed E-state index contributed by atoms with van der Waals surface area (Å²) in [5, 5.41) is -0.865. The molecule has 0 aliphatic carbocycles. The molecule has 1 aromatic rings. The van der Waals surface area contributed by atoms with Crippen molar-refractivity contribution in [1.29, 1.82) is 0 Å². The second-order valence-electron chi connectivity index (χ2n) is 3.26. The van der Waals surface area contributed by atoms with Crippen molar-refractivity contribution in [1.82, 2.24) is 4.98 Å². The summed E-state index contributed by atoms with van der Waals surface area (Å²) >= 11 is 5.29. The highest BCUT2D eigenvalue weighted by molar-refractivity contribution is 6.31. The Hall–Kier alpha value is -1.44. The fraction of sp³-hybridized carbons (Fsp3) is 0.400. The molecule has 0 unspecified atom stereocenters. The minimum atomic E-state index is -5.20. The maximum absolute atomic E-state index is 12.8. The van der Waals surface area contributed by atoms with E-state index in [9.17, 15) is 26.7 Å². The van der Waals surface area contributed by atoms with Gasteiger partial charge in [0.1, 0.15) is 0 Å². The third kappa shape index (κ3) is 3.31. The van der Waals surface area contributed by atoms with Gasteiger partial charge >= 0.3 is 12.1 Å². The lowest BCUT2D eigenvalue weighted by Gasteiger charge is -2.16. The van der Waals surface area contributed by atoms with Crippen molar-refractivity contribution in [2.75, 3.05) is 6.61 Å². The van der Waals surface area contributed by atoms with Crippen molar-refractivity contribution in [2.45, 2.75) is 19.5 Å². The van der Waals surface area contributed by atoms with Gasteiger partial charge in [0, 0.05) is 6.20 Å². The molecule has 0 spiro atoms. The molecule has 0 amide bonds. The second-order valence-corrected chi connectivity index (χ2v) is 3.67. The van der Waals surface area contributed by atoms with Gasteiger partial charge in [-0.2, -0.15) is 13.2 Å². The van der Waals surface area contributed by atoms with E-state index in [0.29, 0.717) is 6.20 Å². The van der Waals surface area contributed by atoms with Crippen LogP contribution in [0.5, 0.6) is 0 Å². The van der Waals surface area contributed by atoms with Crippen LogP contribution in [0.25, 0.3) is 0 Å². The first-order chi connectivity index (χ1) is 8.70. The maximum atomic E-state index is 12.8. The van der Waals surface area contributed by atoms with Crippen LogP contribution in [0.2, 0.25) is 5.02 Å². The Balaban J connectivity index is 3.57. The number of carbonyl (C=O) groups is 1. The van der Waals surface area contributed by atoms with Crippen molar-refractivity contribution in [3.05, 3.63) is 28.0 Å². The lowest BCUT2D eigenvalue weighted by Crippen LogP contribution is -2.20. The molecule has 0 N–H and O–H groups in total. The van der Waals surface area contributed by atoms with Crippen LogP contribution in [0.4, 0.5) is 22.0 Å². The third-order valence-corrected chi connectivity index (χ3v) is 2.34. The molecule has 0 aromatic carbocycles. The molecule has 1 rings (SSSR count). The van der Waals surface area contributed by atoms with Crippen LogP contribution in [0, 0.1) is 0 Å². The minimum absolute atomic E-state index is 0.218. The SMILES string of the molecule is CCOC(=O)c1ncc(Cl)c(C(F)F)c1C(F)(F)F. The molecule has 106 valence electrons. The number of rotatable bonds is 3. The van der Waals surface area contributed by atoms with Crippen LogP contribution < -0.4 is 0 Å². The normalized spacial score (nSPS) is 11.8. The Kier molecular flexibility index (Phi) is 4.67. The standard InChI is InChI=1S/C10H7ClF5NO2/c1-2-19-9(18)7-6(10(14,15)16)5(8(12)13)4(11)3-17-7/h3,8H,2H2,1H3. The monoisotopic (exact) mass is 303 g/mol. The highest BCUT2D eigenvalue weighted by Gasteiger charge is 2.42. The first-order valence-corrected chi connectivity index (χ1v) is 5.28. The second kappa shape index (κ2) is 5.68. The number of pyridine rings is 1. The lowest BCUT2D eigenvalue weighted by atomic mass is 10.1. The summed E-state index contributed by atoms with van der Waals surface area (Å²) in [6.07, 6.45) is -8.14. The number of alkyl halides is 5. The molecule has 9 heteroatoms. The Morgan fingerprint density at radius 1 is 1.47 bits per heavy atom. The van der Waals surface area contributed by atoms with Crippen molar-refractivity contribution in [2.24, 2.45) is 0 Å². The van der Waals surface area contributed by atoms with Gasteiger partial charge in [-0.05, 0) is 6.92 Å². The Labute approximate surface area is 109 Å². The van der Waals surface area contributed by atoms with E-state index in [4.69, 9.17) is 11.6 Å². The fourth-order valence-corrected chi connectivity index (χ4v) is 1.58. The highest BCUT2D eigenvalue weighted by Crippen LogP contribution is 2.41. The van der Waals surface area contributed by atoms with E-state index in [0.717, 1.165) is 0 Å². The zero-order valence-corrected chi connectivity index (χ0v) is 10.1. The van der Waals surface area contributed by atoms with E-state index >= 15 is 0 Å². The highest BCUT2D eigenvalue weighted by atomic mass is 35.5. The van der Waals surface area contributed by atoms with Gasteiger partial charge in [-0.15, -0.1) is 0 Å². The topological polar surface area (TPSA) is 39.2 Å². The molecule has 3 nitrogen and oxygen atoms in total. The molecule has 0 radical (unpaired) electrons. The van der Waals surface area contributed by atoms with Crippen LogP contribution in [0.3, 0.4) is 0 Å². The number of carbonyl (C=O) groups excluding carboxylic acids is 1. The van der Waals surface area contributed by atoms with Crippen LogP contribution in [0.15, 0.2) is 6.20 Å². The molecular formula is C10H7ClF5NO2. The Morgan fingerprint density at radius 3 is 2.47 bits per heavy atom. The quantitative estimate of drug-likeness (QED) is 0.628. The first-order valence-electron chi connectivity index (χ1n) is 4.91. The molecule has 0 fully saturated rings. The number of halogens is 6. The zero-order valence-electron chi connectivity index (χ0n) is 9.39. The molecule has 0 aliphatic rings. The number of ether oxygens (including phenoxy) is 1. The number of hydrogen-bond donors (Lipinski definition) is 0. The van der Waals surface area contributed by atoms with Gasteiger partial charge in [0.2, 0.25) is 0 Å². The van der Waals surface area contributed by atoms with E-state index in [1.165, 1.54) is 6.92 Å². The van der Waals surface area contributed by atoms with Gasteiger partial charge in [-0.25, -0.2) is 18.6 Å². The summed E-state index contributed by atoms with van der Waals surface area (Å²) in [5.74, 6) is -1.44. The zero-order chi connectivity index (χ0) is 14.8. The number of aromatic nitrogens is 1. The van der Waals surface area contributed by atoms with Gasteiger partial charge in [-0.1, -0.05) is 11.6 Å². The predicted octanol–water partition coefficient (Wildman–Crippen LogP) is 3.87. The Bertz CT molecular complexity index is 490. The summed E-state index contributed by atoms with van der Waals surface area (Å²) < 4.78 is 68.1. The van der Waals surface area contributed by atoms with Gasteiger partial charge in [0.15, 0.2) is 5.69 Å². The van der Waals surface area contributed by atoms with E-state index < -0.39 is 40.4 Å². The average Bonchev–Trinajstić information content (AvgIpc) is 2.26. The van der Waals surface area contributed by atoms with Crippen LogP contribution >= 0.6 is 11.6 Å². The summed E-state index contributed by atoms with van der Waals surface area (Å²) in [4.78, 5) is 14.5. The Morgan fingerprint density at radius 2 is 2.05 bits per heavy atom. The molecule has 19 heavy (non-hydrogen) atoms. The van der Waals surface area contributed by atoms with Crippen molar-refractivity contribution < 1.29 is 31.5 Å². The average molecular weight is 304 g/mol. The molecule has 1 aromatic heterocycles. The summed E-state index contributed by atoms with van der Waals surface area (Å²) in [6, 6.07) is 0. The molecule has 0 aliphatic heterocycles. The van der Waals surface area contributed by atoms with E-state index in [-0.39, 0.29) is 6.61 Å². The van der Waals surface area contributed by atoms with Gasteiger partial charge in [0.05, 0.1) is 22.8 Å². The van der Waals surface area contributed by atoms with Crippen LogP contribution in [-0.2, 0) is 10.9 Å². The van der Waals surface area contributed by atoms with Crippen LogP contribution in [-0.4, -0.2) is 17.6 Å².